The molecule has 0 aliphatic rings. The molecule has 1 rings (SSSR count). The van der Waals surface area contributed by atoms with Crippen LogP contribution in [0.5, 0.6) is 11.5 Å². The molecule has 0 fully saturated rings. The molecule has 0 bridgehead atoms. The highest BCUT2D eigenvalue weighted by atomic mass is 16.5. The number of phenols is 2. The number of unbranched alkanes of at least 4 members (excludes halogenated alkanes) is 1. The van der Waals surface area contributed by atoms with E-state index >= 15 is 0 Å². The lowest BCUT2D eigenvalue weighted by molar-refractivity contribution is 0.0424. The van der Waals surface area contributed by atoms with Gasteiger partial charge in [0, 0.05) is 6.07 Å². The van der Waals surface area contributed by atoms with Crippen LogP contribution in [0.4, 0.5) is 0 Å². The molecule has 0 saturated carbocycles. The van der Waals surface area contributed by atoms with E-state index in [4.69, 9.17) is 4.74 Å². The normalized spacial score (nSPS) is 12.2. The average molecular weight is 280 g/mol. The maximum atomic E-state index is 12.0. The summed E-state index contributed by atoms with van der Waals surface area (Å²) in [5.41, 5.74) is 0.641. The van der Waals surface area contributed by atoms with Crippen LogP contribution in [0.25, 0.3) is 0 Å². The van der Waals surface area contributed by atoms with Crippen molar-refractivity contribution in [3.63, 3.8) is 0 Å². The fourth-order valence-electron chi connectivity index (χ4n) is 2.18. The fraction of sp³-hybridized carbons (Fsp3) is 0.562. The van der Waals surface area contributed by atoms with Gasteiger partial charge in [-0.05, 0) is 30.9 Å². The van der Waals surface area contributed by atoms with Gasteiger partial charge in [0.2, 0.25) is 0 Å². The lowest BCUT2D eigenvalue weighted by Crippen LogP contribution is -2.15. The van der Waals surface area contributed by atoms with Gasteiger partial charge in [0.15, 0.2) is 0 Å². The van der Waals surface area contributed by atoms with Crippen LogP contribution in [-0.2, 0) is 4.74 Å². The molecule has 112 valence electrons. The zero-order valence-corrected chi connectivity index (χ0v) is 12.5. The standard InChI is InChI=1S/C16H24O4/c1-4-6-7-12(5-2)10-20-16(19)15-11(3)8-13(17)9-14(15)18/h8-9,12,17-18H,4-7,10H2,1-3H3. The summed E-state index contributed by atoms with van der Waals surface area (Å²) in [6.45, 7) is 6.24. The Hall–Kier alpha value is -1.71. The molecule has 0 amide bonds. The van der Waals surface area contributed by atoms with E-state index in [0.717, 1.165) is 31.7 Å². The summed E-state index contributed by atoms with van der Waals surface area (Å²) in [6.07, 6.45) is 4.26. The topological polar surface area (TPSA) is 66.8 Å². The third-order valence-electron chi connectivity index (χ3n) is 3.50. The van der Waals surface area contributed by atoms with Crippen molar-refractivity contribution >= 4 is 5.97 Å². The van der Waals surface area contributed by atoms with Crippen LogP contribution in [-0.4, -0.2) is 22.8 Å². The Morgan fingerprint density at radius 3 is 2.55 bits per heavy atom. The van der Waals surface area contributed by atoms with Gasteiger partial charge in [-0.2, -0.15) is 0 Å². The molecular formula is C16H24O4. The van der Waals surface area contributed by atoms with Gasteiger partial charge in [-0.15, -0.1) is 0 Å². The Balaban J connectivity index is 2.67. The molecule has 2 N–H and O–H groups in total. The minimum atomic E-state index is -0.532. The van der Waals surface area contributed by atoms with Crippen LogP contribution in [0, 0.1) is 12.8 Å². The molecule has 4 heteroatoms. The van der Waals surface area contributed by atoms with Crippen molar-refractivity contribution in [2.75, 3.05) is 6.61 Å². The summed E-state index contributed by atoms with van der Waals surface area (Å²) in [5.74, 6) is -0.478. The van der Waals surface area contributed by atoms with Crippen LogP contribution >= 0.6 is 0 Å². The van der Waals surface area contributed by atoms with E-state index in [1.165, 1.54) is 6.07 Å². The van der Waals surface area contributed by atoms with E-state index in [1.54, 1.807) is 6.92 Å². The number of carbonyl (C=O) groups is 1. The second kappa shape index (κ2) is 7.78. The van der Waals surface area contributed by atoms with Gasteiger partial charge in [0.1, 0.15) is 17.1 Å². The van der Waals surface area contributed by atoms with Crippen molar-refractivity contribution in [3.05, 3.63) is 23.3 Å². The van der Waals surface area contributed by atoms with Gasteiger partial charge >= 0.3 is 5.97 Å². The minimum Gasteiger partial charge on any atom is -0.508 e. The monoisotopic (exact) mass is 280 g/mol. The number of hydrogen-bond donors (Lipinski definition) is 2. The molecule has 1 unspecified atom stereocenters. The number of aromatic hydroxyl groups is 2. The van der Waals surface area contributed by atoms with Crippen LogP contribution in [0.15, 0.2) is 12.1 Å². The maximum absolute atomic E-state index is 12.0. The molecule has 0 spiro atoms. The molecule has 1 atom stereocenters. The molecule has 1 aromatic carbocycles. The summed E-state index contributed by atoms with van der Waals surface area (Å²) >= 11 is 0. The molecule has 1 aromatic rings. The van der Waals surface area contributed by atoms with Crippen LogP contribution in [0.2, 0.25) is 0 Å². The van der Waals surface area contributed by atoms with E-state index in [-0.39, 0.29) is 17.1 Å². The Kier molecular flexibility index (Phi) is 6.36. The van der Waals surface area contributed by atoms with E-state index in [1.807, 2.05) is 0 Å². The van der Waals surface area contributed by atoms with Crippen molar-refractivity contribution in [1.29, 1.82) is 0 Å². The third-order valence-corrected chi connectivity index (χ3v) is 3.50. The molecular weight excluding hydrogens is 256 g/mol. The zero-order chi connectivity index (χ0) is 15.1. The van der Waals surface area contributed by atoms with E-state index in [0.29, 0.717) is 18.1 Å². The molecule has 0 aromatic heterocycles. The Morgan fingerprint density at radius 1 is 1.30 bits per heavy atom. The first-order chi connectivity index (χ1) is 9.49. The van der Waals surface area contributed by atoms with E-state index in [9.17, 15) is 15.0 Å². The summed E-state index contributed by atoms with van der Waals surface area (Å²) in [7, 11) is 0. The predicted molar refractivity (Wildman–Crippen MR) is 78.1 cm³/mol. The van der Waals surface area contributed by atoms with Gasteiger partial charge in [-0.3, -0.25) is 0 Å². The summed E-state index contributed by atoms with van der Waals surface area (Å²) in [4.78, 5) is 12.0. The lowest BCUT2D eigenvalue weighted by Gasteiger charge is -2.15. The van der Waals surface area contributed by atoms with Crippen LogP contribution < -0.4 is 0 Å². The SMILES string of the molecule is CCCCC(CC)COC(=O)c1c(C)cc(O)cc1O. The van der Waals surface area contributed by atoms with Crippen molar-refractivity contribution in [2.24, 2.45) is 5.92 Å². The maximum Gasteiger partial charge on any atom is 0.342 e. The van der Waals surface area contributed by atoms with E-state index in [2.05, 4.69) is 13.8 Å². The van der Waals surface area contributed by atoms with Crippen molar-refractivity contribution < 1.29 is 19.7 Å². The van der Waals surface area contributed by atoms with Gasteiger partial charge in [-0.1, -0.05) is 33.1 Å². The second-order valence-electron chi connectivity index (χ2n) is 5.17. The molecule has 0 saturated heterocycles. The summed E-state index contributed by atoms with van der Waals surface area (Å²) < 4.78 is 5.30. The molecule has 0 aliphatic heterocycles. The highest BCUT2D eigenvalue weighted by Gasteiger charge is 2.18. The number of aryl methyl sites for hydroxylation is 1. The van der Waals surface area contributed by atoms with Gasteiger partial charge in [0.25, 0.3) is 0 Å². The van der Waals surface area contributed by atoms with Crippen molar-refractivity contribution in [3.8, 4) is 11.5 Å². The largest absolute Gasteiger partial charge is 0.508 e. The van der Waals surface area contributed by atoms with Crippen molar-refractivity contribution in [2.45, 2.75) is 46.5 Å². The first-order valence-corrected chi connectivity index (χ1v) is 7.19. The van der Waals surface area contributed by atoms with Crippen LogP contribution in [0.3, 0.4) is 0 Å². The number of rotatable bonds is 7. The fourth-order valence-corrected chi connectivity index (χ4v) is 2.18. The van der Waals surface area contributed by atoms with Crippen molar-refractivity contribution in [1.82, 2.24) is 0 Å². The quantitative estimate of drug-likeness (QED) is 0.746. The Morgan fingerprint density at radius 2 is 2.00 bits per heavy atom. The number of ether oxygens (including phenoxy) is 1. The number of phenolic OH excluding ortho intramolecular Hbond substituents is 2. The molecule has 0 aliphatic carbocycles. The smallest absolute Gasteiger partial charge is 0.342 e. The zero-order valence-electron chi connectivity index (χ0n) is 12.5. The van der Waals surface area contributed by atoms with Gasteiger partial charge in [-0.25, -0.2) is 4.79 Å². The van der Waals surface area contributed by atoms with E-state index < -0.39 is 5.97 Å². The highest BCUT2D eigenvalue weighted by Crippen LogP contribution is 2.27. The molecule has 0 radical (unpaired) electrons. The van der Waals surface area contributed by atoms with Gasteiger partial charge < -0.3 is 14.9 Å². The predicted octanol–water partition coefficient (Wildman–Crippen LogP) is 3.78. The Bertz CT molecular complexity index is 431. The second-order valence-corrected chi connectivity index (χ2v) is 5.17. The van der Waals surface area contributed by atoms with Gasteiger partial charge in [0.05, 0.1) is 6.61 Å². The third kappa shape index (κ3) is 4.44. The summed E-state index contributed by atoms with van der Waals surface area (Å²) in [5, 5.41) is 19.1. The highest BCUT2D eigenvalue weighted by molar-refractivity contribution is 5.94. The number of hydrogen-bond acceptors (Lipinski definition) is 4. The minimum absolute atomic E-state index is 0.0640. The number of carbonyl (C=O) groups excluding carboxylic acids is 1. The average Bonchev–Trinajstić information content (AvgIpc) is 2.37. The van der Waals surface area contributed by atoms with Crippen LogP contribution in [0.1, 0.15) is 55.5 Å². The molecule has 0 heterocycles. The summed E-state index contributed by atoms with van der Waals surface area (Å²) in [6, 6.07) is 2.59. The first-order valence-electron chi connectivity index (χ1n) is 7.19. The first kappa shape index (κ1) is 16.3. The Labute approximate surface area is 120 Å². The molecule has 4 nitrogen and oxygen atoms in total. The number of esters is 1. The number of benzene rings is 1. The molecule has 20 heavy (non-hydrogen) atoms. The lowest BCUT2D eigenvalue weighted by atomic mass is 10.0.